The first-order valence-corrected chi connectivity index (χ1v) is 5.57. The largest absolute Gasteiger partial charge is 0.0634 e. The molecule has 0 atom stereocenters. The predicted octanol–water partition coefficient (Wildman–Crippen LogP) is 0.661. The minimum atomic E-state index is 1.17. The van der Waals surface area contributed by atoms with Crippen LogP contribution < -0.4 is 0 Å². The molecule has 1 aliphatic heterocycles. The zero-order valence-electron chi connectivity index (χ0n) is 4.31. The maximum absolute atomic E-state index is 2.30. The summed E-state index contributed by atoms with van der Waals surface area (Å²) in [6.07, 6.45) is 8.69. The number of hydrogen-bond donors (Lipinski definition) is 0. The van der Waals surface area contributed by atoms with E-state index in [0.717, 1.165) is 0 Å². The fourth-order valence-corrected chi connectivity index (χ4v) is 1.78. The van der Waals surface area contributed by atoms with Gasteiger partial charge in [-0.1, -0.05) is 29.1 Å². The Morgan fingerprint density at radius 1 is 1.38 bits per heavy atom. The molecule has 0 saturated heterocycles. The quantitative estimate of drug-likeness (QED) is 0.460. The predicted molar refractivity (Wildman–Crippen MR) is 36.8 cm³/mol. The summed E-state index contributed by atoms with van der Waals surface area (Å²) in [5.41, 5.74) is 1.41. The first-order chi connectivity index (χ1) is 3.95. The lowest BCUT2D eigenvalue weighted by Crippen LogP contribution is -1.78. The smallest absolute Gasteiger partial charge is 0.0333 e. The molecule has 0 fully saturated rings. The van der Waals surface area contributed by atoms with Crippen molar-refractivity contribution in [2.24, 2.45) is 0 Å². The van der Waals surface area contributed by atoms with Gasteiger partial charge in [0.25, 0.3) is 0 Å². The Kier molecular flexibility index (Phi) is 0.886. The summed E-state index contributed by atoms with van der Waals surface area (Å²) in [7, 11) is 2.34. The maximum atomic E-state index is 2.30. The maximum Gasteiger partial charge on any atom is 0.0333 e. The van der Waals surface area contributed by atoms with Crippen molar-refractivity contribution in [2.75, 3.05) is 0 Å². The molecule has 0 aromatic carbocycles. The van der Waals surface area contributed by atoms with Crippen LogP contribution in [0.4, 0.5) is 0 Å². The molecule has 0 N–H and O–H groups in total. The van der Waals surface area contributed by atoms with Gasteiger partial charge in [0.2, 0.25) is 0 Å². The van der Waals surface area contributed by atoms with Crippen molar-refractivity contribution in [3.8, 4) is 0 Å². The Bertz CT molecular complexity index is 223. The van der Waals surface area contributed by atoms with E-state index in [9.17, 15) is 0 Å². The number of hydrogen-bond acceptors (Lipinski definition) is 0. The molecule has 0 aromatic heterocycles. The first-order valence-electron chi connectivity index (χ1n) is 2.57. The highest BCUT2D eigenvalue weighted by Gasteiger charge is 2.01. The monoisotopic (exact) mass is 132 g/mol. The summed E-state index contributed by atoms with van der Waals surface area (Å²) in [5, 5.41) is 0. The van der Waals surface area contributed by atoms with Crippen LogP contribution in [-0.2, 0) is 0 Å². The topological polar surface area (TPSA) is 0 Å². The zero-order chi connectivity index (χ0) is 5.40. The third kappa shape index (κ3) is 0.765. The van der Waals surface area contributed by atoms with Crippen LogP contribution in [-0.4, -0.2) is 17.2 Å². The van der Waals surface area contributed by atoms with Gasteiger partial charge < -0.3 is 0 Å². The van der Waals surface area contributed by atoms with Gasteiger partial charge in [0.15, 0.2) is 0 Å². The molecule has 1 heterocycles. The van der Waals surface area contributed by atoms with E-state index in [1.54, 1.807) is 4.82 Å². The Hall–Kier alpha value is -0.346. The molecular formula is C6H4Si2. The standard InChI is InChI=1S/C6H4Si2/c1-2-5(3-1)4-6-7-8-6/h1-4H. The lowest BCUT2D eigenvalue weighted by Gasteiger charge is -1.97. The van der Waals surface area contributed by atoms with Crippen molar-refractivity contribution in [1.82, 2.24) is 0 Å². The van der Waals surface area contributed by atoms with Crippen LogP contribution in [0.5, 0.6) is 0 Å². The molecule has 1 aliphatic carbocycles. The third-order valence-electron chi connectivity index (χ3n) is 1.16. The molecule has 2 heteroatoms. The highest BCUT2D eigenvalue weighted by Crippen LogP contribution is 2.11. The van der Waals surface area contributed by atoms with Crippen molar-refractivity contribution in [3.63, 3.8) is 0 Å². The van der Waals surface area contributed by atoms with E-state index >= 15 is 0 Å². The average molecular weight is 132 g/mol. The van der Waals surface area contributed by atoms with Crippen molar-refractivity contribution in [2.45, 2.75) is 0 Å². The average Bonchev–Trinajstić information content (AvgIpc) is 2.36. The third-order valence-corrected chi connectivity index (χ3v) is 3.60. The molecule has 0 unspecified atom stereocenters. The second-order valence-electron chi connectivity index (χ2n) is 1.83. The first kappa shape index (κ1) is 4.52. The summed E-state index contributed by atoms with van der Waals surface area (Å²) in [4.78, 5) is 1.67. The normalized spacial score (nSPS) is 20.0. The second kappa shape index (κ2) is 1.57. The number of rotatable bonds is 1. The lowest BCUT2D eigenvalue weighted by atomic mass is 10.1. The van der Waals surface area contributed by atoms with Crippen LogP contribution in [0.1, 0.15) is 0 Å². The van der Waals surface area contributed by atoms with E-state index in [-0.39, 0.29) is 0 Å². The van der Waals surface area contributed by atoms with Gasteiger partial charge in [-0.15, -0.1) is 0 Å². The van der Waals surface area contributed by atoms with Crippen LogP contribution >= 0.6 is 0 Å². The van der Waals surface area contributed by atoms with Crippen LogP contribution in [0.3, 0.4) is 0 Å². The van der Waals surface area contributed by atoms with Gasteiger partial charge in [-0.05, 0) is 5.57 Å². The van der Waals surface area contributed by atoms with E-state index in [2.05, 4.69) is 24.3 Å². The summed E-state index contributed by atoms with van der Waals surface area (Å²) in [5.74, 6) is 0. The molecule has 0 nitrogen and oxygen atoms in total. The molecule has 0 aromatic rings. The second-order valence-corrected chi connectivity index (χ2v) is 5.41. The van der Waals surface area contributed by atoms with Gasteiger partial charge in [0, 0.05) is 17.2 Å². The van der Waals surface area contributed by atoms with E-state index in [0.29, 0.717) is 0 Å². The highest BCUT2D eigenvalue weighted by molar-refractivity contribution is 7.05. The Labute approximate surface area is 52.6 Å². The Morgan fingerprint density at radius 3 is 2.50 bits per heavy atom. The fraction of sp³-hybridized carbons (Fsp3) is 0. The van der Waals surface area contributed by atoms with Gasteiger partial charge >= 0.3 is 0 Å². The molecule has 8 heavy (non-hydrogen) atoms. The summed E-state index contributed by atoms with van der Waals surface area (Å²) in [6, 6.07) is 0. The van der Waals surface area contributed by atoms with E-state index in [4.69, 9.17) is 0 Å². The van der Waals surface area contributed by atoms with Crippen molar-refractivity contribution < 1.29 is 0 Å². The van der Waals surface area contributed by atoms with Gasteiger partial charge in [0.1, 0.15) is 0 Å². The molecular weight excluding hydrogens is 128 g/mol. The van der Waals surface area contributed by atoms with Crippen LogP contribution in [0.25, 0.3) is 0 Å². The SMILES string of the molecule is C1=CC(C=C2[Si]=[Si]2)=C1. The van der Waals surface area contributed by atoms with Gasteiger partial charge in [-0.2, -0.15) is 0 Å². The van der Waals surface area contributed by atoms with Crippen LogP contribution in [0.2, 0.25) is 0 Å². The Balaban J connectivity index is 2.10. The lowest BCUT2D eigenvalue weighted by molar-refractivity contribution is 1.61. The molecule has 0 bridgehead atoms. The minimum absolute atomic E-state index is 1.17. The molecule has 36 valence electrons. The minimum Gasteiger partial charge on any atom is -0.0634 e. The van der Waals surface area contributed by atoms with Gasteiger partial charge in [0.05, 0.1) is 0 Å². The van der Waals surface area contributed by atoms with Crippen molar-refractivity contribution >= 4 is 17.2 Å². The zero-order valence-corrected chi connectivity index (χ0v) is 6.31. The number of allylic oxidation sites excluding steroid dienone is 5. The molecule has 2 rings (SSSR count). The molecule has 2 radical (unpaired) electrons. The van der Waals surface area contributed by atoms with Crippen molar-refractivity contribution in [3.05, 3.63) is 34.7 Å². The van der Waals surface area contributed by atoms with E-state index in [1.807, 2.05) is 0 Å². The fourth-order valence-electron chi connectivity index (χ4n) is 0.578. The van der Waals surface area contributed by atoms with Crippen molar-refractivity contribution in [1.29, 1.82) is 0 Å². The Morgan fingerprint density at radius 2 is 2.12 bits per heavy atom. The molecule has 0 amide bonds. The molecule has 0 spiro atoms. The molecule has 2 aliphatic rings. The van der Waals surface area contributed by atoms with E-state index < -0.39 is 0 Å². The van der Waals surface area contributed by atoms with Crippen LogP contribution in [0.15, 0.2) is 34.7 Å². The van der Waals surface area contributed by atoms with Gasteiger partial charge in [-0.3, -0.25) is 0 Å². The highest BCUT2D eigenvalue weighted by atomic mass is 28.9. The summed E-state index contributed by atoms with van der Waals surface area (Å²) < 4.78 is 0. The van der Waals surface area contributed by atoms with Gasteiger partial charge in [-0.25, -0.2) is 0 Å². The van der Waals surface area contributed by atoms with Crippen LogP contribution in [0, 0.1) is 0 Å². The summed E-state index contributed by atoms with van der Waals surface area (Å²) >= 11 is 0. The summed E-state index contributed by atoms with van der Waals surface area (Å²) in [6.45, 7) is 0. The molecule has 0 saturated carbocycles. The van der Waals surface area contributed by atoms with E-state index in [1.165, 1.54) is 22.8 Å².